The lowest BCUT2D eigenvalue weighted by molar-refractivity contribution is 0.528. The van der Waals surface area contributed by atoms with Crippen molar-refractivity contribution in [3.8, 4) is 0 Å². The quantitative estimate of drug-likeness (QED) is 0.878. The van der Waals surface area contributed by atoms with E-state index in [9.17, 15) is 0 Å². The molecule has 0 saturated heterocycles. The van der Waals surface area contributed by atoms with Crippen molar-refractivity contribution < 1.29 is 4.42 Å². The smallest absolute Gasteiger partial charge is 0.101 e. The van der Waals surface area contributed by atoms with Crippen molar-refractivity contribution in [3.05, 3.63) is 53.2 Å². The molecular weight excluding hydrogens is 212 g/mol. The Morgan fingerprint density at radius 3 is 2.76 bits per heavy atom. The molecule has 2 rings (SSSR count). The van der Waals surface area contributed by atoms with Crippen molar-refractivity contribution in [2.45, 2.75) is 32.7 Å². The van der Waals surface area contributed by atoms with Gasteiger partial charge in [0.15, 0.2) is 0 Å². The van der Waals surface area contributed by atoms with Gasteiger partial charge in [-0.15, -0.1) is 0 Å². The Balaban J connectivity index is 2.04. The molecule has 2 aromatic rings. The predicted molar refractivity (Wildman–Crippen MR) is 67.7 cm³/mol. The van der Waals surface area contributed by atoms with Crippen LogP contribution in [-0.2, 0) is 12.8 Å². The van der Waals surface area contributed by atoms with Crippen molar-refractivity contribution in [2.24, 2.45) is 5.73 Å². The second-order valence-electron chi connectivity index (χ2n) is 4.31. The fraction of sp³-hybridized carbons (Fsp3) is 0.357. The van der Waals surface area contributed by atoms with Crippen LogP contribution >= 0.6 is 0 Å². The van der Waals surface area contributed by atoms with Gasteiger partial charge >= 0.3 is 0 Å². The summed E-state index contributed by atoms with van der Waals surface area (Å²) in [6.45, 7) is 4.04. The van der Waals surface area contributed by atoms with Crippen molar-refractivity contribution in [1.82, 2.24) is 4.98 Å². The standard InChI is InChI=1S/C14H18N2O/c1-3-11-4-5-13(16-8-11)7-14(15)12-6-10(2)17-9-12/h4-6,8-9,14H,3,7,15H2,1-2H3. The normalized spacial score (nSPS) is 12.6. The molecule has 0 saturated carbocycles. The number of aromatic nitrogens is 1. The molecule has 0 aliphatic carbocycles. The Morgan fingerprint density at radius 1 is 1.41 bits per heavy atom. The summed E-state index contributed by atoms with van der Waals surface area (Å²) in [6, 6.07) is 6.08. The van der Waals surface area contributed by atoms with E-state index >= 15 is 0 Å². The number of nitrogens with two attached hydrogens (primary N) is 1. The van der Waals surface area contributed by atoms with Crippen LogP contribution in [0.1, 0.15) is 35.5 Å². The summed E-state index contributed by atoms with van der Waals surface area (Å²) < 4.78 is 5.26. The molecule has 2 N–H and O–H groups in total. The van der Waals surface area contributed by atoms with Crippen LogP contribution in [0.3, 0.4) is 0 Å². The van der Waals surface area contributed by atoms with E-state index in [4.69, 9.17) is 10.2 Å². The third kappa shape index (κ3) is 2.94. The minimum Gasteiger partial charge on any atom is -0.469 e. The number of rotatable bonds is 4. The maximum atomic E-state index is 6.11. The third-order valence-corrected chi connectivity index (χ3v) is 2.90. The van der Waals surface area contributed by atoms with Crippen molar-refractivity contribution in [1.29, 1.82) is 0 Å². The van der Waals surface area contributed by atoms with Crippen LogP contribution in [0.25, 0.3) is 0 Å². The van der Waals surface area contributed by atoms with E-state index in [1.807, 2.05) is 25.3 Å². The lowest BCUT2D eigenvalue weighted by Gasteiger charge is -2.08. The maximum Gasteiger partial charge on any atom is 0.101 e. The number of nitrogens with zero attached hydrogens (tertiary/aromatic N) is 1. The molecule has 3 heteroatoms. The molecule has 1 atom stereocenters. The molecule has 0 fully saturated rings. The SMILES string of the molecule is CCc1ccc(CC(N)c2coc(C)c2)nc1. The predicted octanol–water partition coefficient (Wildman–Crippen LogP) is 2.79. The summed E-state index contributed by atoms with van der Waals surface area (Å²) in [7, 11) is 0. The van der Waals surface area contributed by atoms with E-state index in [0.717, 1.165) is 29.9 Å². The van der Waals surface area contributed by atoms with Crippen molar-refractivity contribution >= 4 is 0 Å². The van der Waals surface area contributed by atoms with E-state index in [1.54, 1.807) is 6.26 Å². The molecule has 0 amide bonds. The molecule has 17 heavy (non-hydrogen) atoms. The van der Waals surface area contributed by atoms with Crippen molar-refractivity contribution in [3.63, 3.8) is 0 Å². The van der Waals surface area contributed by atoms with E-state index in [-0.39, 0.29) is 6.04 Å². The van der Waals surface area contributed by atoms with Gasteiger partial charge in [0.05, 0.1) is 6.26 Å². The highest BCUT2D eigenvalue weighted by molar-refractivity contribution is 5.20. The molecule has 0 aliphatic rings. The minimum absolute atomic E-state index is 0.0487. The summed E-state index contributed by atoms with van der Waals surface area (Å²) >= 11 is 0. The zero-order valence-electron chi connectivity index (χ0n) is 10.3. The van der Waals surface area contributed by atoms with Gasteiger partial charge in [-0.3, -0.25) is 4.98 Å². The average molecular weight is 230 g/mol. The number of hydrogen-bond acceptors (Lipinski definition) is 3. The minimum atomic E-state index is -0.0487. The number of aryl methyl sites for hydroxylation is 2. The Morgan fingerprint density at radius 2 is 2.24 bits per heavy atom. The van der Waals surface area contributed by atoms with Crippen LogP contribution < -0.4 is 5.73 Å². The summed E-state index contributed by atoms with van der Waals surface area (Å²) in [4.78, 5) is 4.41. The Hall–Kier alpha value is -1.61. The lowest BCUT2D eigenvalue weighted by atomic mass is 10.0. The summed E-state index contributed by atoms with van der Waals surface area (Å²) in [5.74, 6) is 0.893. The first-order valence-electron chi connectivity index (χ1n) is 5.93. The Bertz CT molecular complexity index is 473. The summed E-state index contributed by atoms with van der Waals surface area (Å²) in [6.07, 6.45) is 5.40. The van der Waals surface area contributed by atoms with Gasteiger partial charge in [-0.1, -0.05) is 13.0 Å². The molecule has 0 aromatic carbocycles. The van der Waals surface area contributed by atoms with Crippen LogP contribution in [0, 0.1) is 6.92 Å². The number of hydrogen-bond donors (Lipinski definition) is 1. The number of pyridine rings is 1. The first-order valence-corrected chi connectivity index (χ1v) is 5.93. The van der Waals surface area contributed by atoms with Crippen LogP contribution in [0.15, 0.2) is 35.1 Å². The van der Waals surface area contributed by atoms with Gasteiger partial charge in [0.2, 0.25) is 0 Å². The molecule has 2 heterocycles. The molecule has 3 nitrogen and oxygen atoms in total. The molecule has 0 radical (unpaired) electrons. The topological polar surface area (TPSA) is 52.0 Å². The Labute approximate surface area is 102 Å². The van der Waals surface area contributed by atoms with E-state index < -0.39 is 0 Å². The van der Waals surface area contributed by atoms with E-state index in [1.165, 1.54) is 5.56 Å². The molecule has 90 valence electrons. The maximum absolute atomic E-state index is 6.11. The first-order chi connectivity index (χ1) is 8.19. The molecule has 1 unspecified atom stereocenters. The van der Waals surface area contributed by atoms with E-state index in [2.05, 4.69) is 18.0 Å². The van der Waals surface area contributed by atoms with E-state index in [0.29, 0.717) is 0 Å². The van der Waals surface area contributed by atoms with Gasteiger partial charge in [-0.25, -0.2) is 0 Å². The van der Waals surface area contributed by atoms with Gasteiger partial charge in [0, 0.05) is 29.9 Å². The van der Waals surface area contributed by atoms with Crippen LogP contribution in [0.4, 0.5) is 0 Å². The fourth-order valence-electron chi connectivity index (χ4n) is 1.79. The Kier molecular flexibility index (Phi) is 3.59. The molecule has 0 spiro atoms. The van der Waals surface area contributed by atoms with Crippen LogP contribution in [0.2, 0.25) is 0 Å². The highest BCUT2D eigenvalue weighted by Crippen LogP contribution is 2.17. The van der Waals surface area contributed by atoms with Crippen LogP contribution in [-0.4, -0.2) is 4.98 Å². The zero-order chi connectivity index (χ0) is 12.3. The summed E-state index contributed by atoms with van der Waals surface area (Å²) in [5, 5.41) is 0. The van der Waals surface area contributed by atoms with Gasteiger partial charge in [0.25, 0.3) is 0 Å². The lowest BCUT2D eigenvalue weighted by Crippen LogP contribution is -2.13. The van der Waals surface area contributed by atoms with Crippen LogP contribution in [0.5, 0.6) is 0 Å². The van der Waals surface area contributed by atoms with Crippen molar-refractivity contribution in [2.75, 3.05) is 0 Å². The van der Waals surface area contributed by atoms with Gasteiger partial charge in [-0.2, -0.15) is 0 Å². The highest BCUT2D eigenvalue weighted by Gasteiger charge is 2.10. The van der Waals surface area contributed by atoms with Gasteiger partial charge < -0.3 is 10.2 Å². The second kappa shape index (κ2) is 5.15. The van der Waals surface area contributed by atoms with Gasteiger partial charge in [-0.05, 0) is 31.0 Å². The monoisotopic (exact) mass is 230 g/mol. The average Bonchev–Trinajstić information content (AvgIpc) is 2.77. The summed E-state index contributed by atoms with van der Waals surface area (Å²) in [5.41, 5.74) is 9.42. The second-order valence-corrected chi connectivity index (χ2v) is 4.31. The zero-order valence-corrected chi connectivity index (χ0v) is 10.3. The molecule has 2 aromatic heterocycles. The highest BCUT2D eigenvalue weighted by atomic mass is 16.3. The largest absolute Gasteiger partial charge is 0.469 e. The number of furan rings is 1. The first kappa shape index (κ1) is 11.9. The molecular formula is C14H18N2O. The molecule has 0 aliphatic heterocycles. The fourth-order valence-corrected chi connectivity index (χ4v) is 1.79. The third-order valence-electron chi connectivity index (χ3n) is 2.90. The molecule has 0 bridgehead atoms. The van der Waals surface area contributed by atoms with Gasteiger partial charge in [0.1, 0.15) is 5.76 Å².